The number of hydrogen-bond donors (Lipinski definition) is 0. The molecule has 10 heteroatoms. The van der Waals surface area contributed by atoms with Gasteiger partial charge in [0, 0.05) is 10.0 Å². The average Bonchev–Trinajstić information content (AvgIpc) is 2.70. The summed E-state index contributed by atoms with van der Waals surface area (Å²) in [5.41, 5.74) is 0.442. The van der Waals surface area contributed by atoms with E-state index in [0.717, 1.165) is 4.47 Å². The molecule has 1 aliphatic carbocycles. The van der Waals surface area contributed by atoms with E-state index in [1.165, 1.54) is 18.2 Å². The lowest BCUT2D eigenvalue weighted by Crippen LogP contribution is -2.14. The van der Waals surface area contributed by atoms with E-state index in [0.29, 0.717) is 5.56 Å². The van der Waals surface area contributed by atoms with Gasteiger partial charge in [0.25, 0.3) is 10.0 Å². The molecule has 0 unspecified atom stereocenters. The minimum atomic E-state index is -4.08. The van der Waals surface area contributed by atoms with Crippen molar-refractivity contribution in [3.8, 4) is 0 Å². The van der Waals surface area contributed by atoms with Crippen LogP contribution in [-0.4, -0.2) is 25.7 Å². The zero-order valence-corrected chi connectivity index (χ0v) is 19.0. The lowest BCUT2D eigenvalue weighted by Gasteiger charge is -2.11. The number of amidine groups is 1. The highest BCUT2D eigenvalue weighted by Crippen LogP contribution is 2.28. The summed E-state index contributed by atoms with van der Waals surface area (Å²) in [6.45, 7) is 0. The molecule has 0 radical (unpaired) electrons. The zero-order valence-electron chi connectivity index (χ0n) is 14.3. The fourth-order valence-corrected chi connectivity index (χ4v) is 4.11. The topological polar surface area (TPSA) is 75.9 Å². The minimum Gasteiger partial charge on any atom is -0.287 e. The van der Waals surface area contributed by atoms with E-state index in [9.17, 15) is 13.2 Å². The highest BCUT2D eigenvalue weighted by molar-refractivity contribution is 9.10. The van der Waals surface area contributed by atoms with E-state index in [1.54, 1.807) is 42.5 Å². The third-order valence-electron chi connectivity index (χ3n) is 3.67. The molecule has 148 valence electrons. The van der Waals surface area contributed by atoms with Crippen LogP contribution in [0.25, 0.3) is 0 Å². The molecule has 0 N–H and O–H groups in total. The molecular weight excluding hydrogens is 523 g/mol. The zero-order chi connectivity index (χ0) is 21.2. The summed E-state index contributed by atoms with van der Waals surface area (Å²) in [5.74, 6) is -0.779. The Morgan fingerprint density at radius 1 is 0.897 bits per heavy atom. The normalized spacial score (nSPS) is 17.0. The van der Waals surface area contributed by atoms with Gasteiger partial charge in [-0.25, -0.2) is 4.99 Å². The molecule has 0 aliphatic heterocycles. The Bertz CT molecular complexity index is 1200. The monoisotopic (exact) mass is 530 g/mol. The molecule has 0 bridgehead atoms. The summed E-state index contributed by atoms with van der Waals surface area (Å²) in [5, 5.41) is -0.645. The number of allylic oxidation sites excluding steroid dienone is 4. The third kappa shape index (κ3) is 5.05. The van der Waals surface area contributed by atoms with Crippen molar-refractivity contribution in [2.24, 2.45) is 9.39 Å². The number of aliphatic imine (C=N–C) groups is 1. The van der Waals surface area contributed by atoms with Crippen molar-refractivity contribution in [2.45, 2.75) is 4.90 Å². The quantitative estimate of drug-likeness (QED) is 0.301. The molecule has 0 aromatic heterocycles. The van der Waals surface area contributed by atoms with Gasteiger partial charge in [-0.05, 0) is 30.3 Å². The number of carbonyl (C=O) groups is 1. The van der Waals surface area contributed by atoms with Crippen LogP contribution in [0.15, 0.2) is 94.5 Å². The Hall–Kier alpha value is -1.77. The number of benzene rings is 2. The summed E-state index contributed by atoms with van der Waals surface area (Å²) < 4.78 is 30.2. The first-order valence-corrected chi connectivity index (χ1v) is 11.3. The number of halogens is 4. The summed E-state index contributed by atoms with van der Waals surface area (Å²) in [6, 6.07) is 14.4. The smallest absolute Gasteiger partial charge is 0.284 e. The van der Waals surface area contributed by atoms with Crippen molar-refractivity contribution < 1.29 is 13.2 Å². The molecule has 2 aromatic carbocycles. The molecule has 2 aromatic rings. The van der Waals surface area contributed by atoms with Gasteiger partial charge in [0.05, 0.1) is 20.7 Å². The number of carbonyl (C=O) groups excluding carboxylic acids is 1. The van der Waals surface area contributed by atoms with Gasteiger partial charge in [-0.3, -0.25) is 4.79 Å². The molecule has 0 saturated heterocycles. The van der Waals surface area contributed by atoms with E-state index in [-0.39, 0.29) is 31.5 Å². The van der Waals surface area contributed by atoms with Crippen molar-refractivity contribution >= 4 is 78.1 Å². The SMILES string of the molecule is O=C1C(Cl)=CC(=NC(=NS(=O)(=O)c2ccc(Br)cc2)c2ccccc2)C(Cl)=C1Cl. The molecule has 0 amide bonds. The molecule has 29 heavy (non-hydrogen) atoms. The molecule has 0 spiro atoms. The van der Waals surface area contributed by atoms with Crippen LogP contribution >= 0.6 is 50.7 Å². The number of Topliss-reactive ketones (excluding diaryl/α,β-unsaturated/α-hetero) is 1. The maximum Gasteiger partial charge on any atom is 0.284 e. The van der Waals surface area contributed by atoms with E-state index < -0.39 is 15.8 Å². The first-order chi connectivity index (χ1) is 13.7. The Labute approximate surface area is 190 Å². The molecular formula is C19H10BrCl3N2O3S. The Morgan fingerprint density at radius 3 is 2.14 bits per heavy atom. The van der Waals surface area contributed by atoms with Crippen LogP contribution in [-0.2, 0) is 14.8 Å². The summed E-state index contributed by atoms with van der Waals surface area (Å²) >= 11 is 21.2. The second kappa shape index (κ2) is 8.93. The predicted molar refractivity (Wildman–Crippen MR) is 119 cm³/mol. The fraction of sp³-hybridized carbons (Fsp3) is 0. The summed E-state index contributed by atoms with van der Waals surface area (Å²) in [4.78, 5) is 16.0. The lowest BCUT2D eigenvalue weighted by molar-refractivity contribution is -0.111. The van der Waals surface area contributed by atoms with E-state index in [2.05, 4.69) is 25.3 Å². The number of rotatable bonds is 3. The van der Waals surface area contributed by atoms with E-state index in [4.69, 9.17) is 34.8 Å². The Morgan fingerprint density at radius 2 is 1.52 bits per heavy atom. The standard InChI is InChI=1S/C19H10BrCl3N2O3S/c20-12-6-8-13(9-7-12)29(27,28)25-19(11-4-2-1-3-5-11)24-15-10-14(21)18(26)17(23)16(15)22/h1-10H. The van der Waals surface area contributed by atoms with Gasteiger partial charge in [0.1, 0.15) is 5.03 Å². The molecule has 5 nitrogen and oxygen atoms in total. The van der Waals surface area contributed by atoms with Crippen LogP contribution in [0.1, 0.15) is 5.56 Å². The van der Waals surface area contributed by atoms with Gasteiger partial charge in [-0.15, -0.1) is 4.40 Å². The third-order valence-corrected chi connectivity index (χ3v) is 6.60. The lowest BCUT2D eigenvalue weighted by atomic mass is 10.1. The minimum absolute atomic E-state index is 0.0126. The highest BCUT2D eigenvalue weighted by Gasteiger charge is 2.25. The van der Waals surface area contributed by atoms with Gasteiger partial charge >= 0.3 is 0 Å². The van der Waals surface area contributed by atoms with E-state index >= 15 is 0 Å². The molecule has 3 rings (SSSR count). The van der Waals surface area contributed by atoms with Gasteiger partial charge < -0.3 is 0 Å². The highest BCUT2D eigenvalue weighted by atomic mass is 79.9. The van der Waals surface area contributed by atoms with Crippen LogP contribution in [0.2, 0.25) is 0 Å². The number of hydrogen-bond acceptors (Lipinski definition) is 3. The maximum absolute atomic E-state index is 12.8. The molecule has 1 aliphatic rings. The van der Waals surface area contributed by atoms with Crippen molar-refractivity contribution in [3.63, 3.8) is 0 Å². The van der Waals surface area contributed by atoms with Crippen molar-refractivity contribution in [1.82, 2.24) is 0 Å². The molecule has 0 atom stereocenters. The van der Waals surface area contributed by atoms with Crippen LogP contribution < -0.4 is 0 Å². The first-order valence-electron chi connectivity index (χ1n) is 7.91. The average molecular weight is 533 g/mol. The molecule has 0 heterocycles. The Kier molecular flexibility index (Phi) is 6.76. The maximum atomic E-state index is 12.8. The van der Waals surface area contributed by atoms with Crippen LogP contribution in [0.3, 0.4) is 0 Å². The van der Waals surface area contributed by atoms with Crippen molar-refractivity contribution in [2.75, 3.05) is 0 Å². The van der Waals surface area contributed by atoms with Crippen LogP contribution in [0.5, 0.6) is 0 Å². The van der Waals surface area contributed by atoms with Crippen molar-refractivity contribution in [1.29, 1.82) is 0 Å². The molecule has 0 saturated carbocycles. The first kappa shape index (κ1) is 21.9. The second-order valence-electron chi connectivity index (χ2n) is 5.66. The van der Waals surface area contributed by atoms with E-state index in [1.807, 2.05) is 0 Å². The van der Waals surface area contributed by atoms with Crippen molar-refractivity contribution in [3.05, 3.63) is 85.8 Å². The summed E-state index contributed by atoms with van der Waals surface area (Å²) in [7, 11) is -4.08. The van der Waals surface area contributed by atoms with Gasteiger partial charge in [-0.1, -0.05) is 81.1 Å². The van der Waals surface area contributed by atoms with Gasteiger partial charge in [-0.2, -0.15) is 8.42 Å². The Balaban J connectivity index is 2.18. The van der Waals surface area contributed by atoms with Crippen LogP contribution in [0, 0.1) is 0 Å². The second-order valence-corrected chi connectivity index (χ2v) is 9.34. The number of ketones is 1. The van der Waals surface area contributed by atoms with Crippen LogP contribution in [0.4, 0.5) is 0 Å². The fourth-order valence-electron chi connectivity index (χ4n) is 2.26. The number of nitrogens with zero attached hydrogens (tertiary/aromatic N) is 2. The predicted octanol–water partition coefficient (Wildman–Crippen LogP) is 5.42. The largest absolute Gasteiger partial charge is 0.287 e. The molecule has 0 fully saturated rings. The van der Waals surface area contributed by atoms with Gasteiger partial charge in [0.2, 0.25) is 5.78 Å². The van der Waals surface area contributed by atoms with Gasteiger partial charge in [0.15, 0.2) is 5.84 Å². The number of sulfonamides is 1. The summed E-state index contributed by atoms with van der Waals surface area (Å²) in [6.07, 6.45) is 1.21.